The van der Waals surface area contributed by atoms with Crippen LogP contribution >= 0.6 is 0 Å². The highest BCUT2D eigenvalue weighted by molar-refractivity contribution is 7.89. The quantitative estimate of drug-likeness (QED) is 0.679. The SMILES string of the molecule is CC(C)(C)C.CC(C)=O.COC.CS(C)(=O)=O. The molecule has 0 rings (SSSR count). The molecule has 0 fully saturated rings. The molecule has 0 amide bonds. The van der Waals surface area contributed by atoms with Crippen LogP contribution in [0.1, 0.15) is 41.5 Å². The van der Waals surface area contributed by atoms with Gasteiger partial charge in [-0.1, -0.05) is 27.7 Å². The van der Waals surface area contributed by atoms with E-state index >= 15 is 0 Å². The molecule has 0 aromatic carbocycles. The predicted octanol–water partition coefficient (Wildman–Crippen LogP) is 2.57. The van der Waals surface area contributed by atoms with Crippen LogP contribution in [0.15, 0.2) is 0 Å². The van der Waals surface area contributed by atoms with E-state index in [0.29, 0.717) is 5.41 Å². The molecule has 0 bridgehead atoms. The van der Waals surface area contributed by atoms with Crippen molar-refractivity contribution >= 4 is 15.6 Å². The van der Waals surface area contributed by atoms with Gasteiger partial charge in [-0.2, -0.15) is 0 Å². The van der Waals surface area contributed by atoms with Crippen LogP contribution in [0.3, 0.4) is 0 Å². The Labute approximate surface area is 108 Å². The van der Waals surface area contributed by atoms with Gasteiger partial charge in [0.2, 0.25) is 0 Å². The van der Waals surface area contributed by atoms with Gasteiger partial charge in [0.15, 0.2) is 0 Å². The van der Waals surface area contributed by atoms with Crippen molar-refractivity contribution in [3.63, 3.8) is 0 Å². The summed E-state index contributed by atoms with van der Waals surface area (Å²) in [5.74, 6) is 0.167. The van der Waals surface area contributed by atoms with E-state index in [0.717, 1.165) is 12.5 Å². The van der Waals surface area contributed by atoms with Crippen molar-refractivity contribution in [1.29, 1.82) is 0 Å². The fourth-order valence-corrected chi connectivity index (χ4v) is 0. The minimum Gasteiger partial charge on any atom is -0.388 e. The number of hydrogen-bond acceptors (Lipinski definition) is 4. The van der Waals surface area contributed by atoms with Gasteiger partial charge >= 0.3 is 0 Å². The summed E-state index contributed by atoms with van der Waals surface area (Å²) in [6.07, 6.45) is 2.32. The summed E-state index contributed by atoms with van der Waals surface area (Å²) < 4.78 is 23.5. The largest absolute Gasteiger partial charge is 0.388 e. The first-order valence-electron chi connectivity index (χ1n) is 5.17. The van der Waals surface area contributed by atoms with E-state index in [-0.39, 0.29) is 5.78 Å². The average molecular weight is 270 g/mol. The Balaban J connectivity index is -0.0000000676. The topological polar surface area (TPSA) is 60.4 Å². The van der Waals surface area contributed by atoms with Gasteiger partial charge in [-0.05, 0) is 19.3 Å². The fraction of sp³-hybridized carbons (Fsp3) is 0.917. The van der Waals surface area contributed by atoms with E-state index in [1.54, 1.807) is 14.2 Å². The lowest BCUT2D eigenvalue weighted by Gasteiger charge is -2.05. The Bertz CT molecular complexity index is 230. The maximum atomic E-state index is 9.63. The van der Waals surface area contributed by atoms with Crippen molar-refractivity contribution in [3.8, 4) is 0 Å². The normalized spacial score (nSPS) is 9.53. The number of Topliss-reactive ketones (excluding diaryl/α,β-unsaturated/α-hetero) is 1. The second-order valence-electron chi connectivity index (χ2n) is 5.46. The summed E-state index contributed by atoms with van der Waals surface area (Å²) in [6.45, 7) is 11.8. The summed E-state index contributed by atoms with van der Waals surface area (Å²) in [6, 6.07) is 0. The molecule has 0 saturated carbocycles. The van der Waals surface area contributed by atoms with Crippen LogP contribution in [-0.4, -0.2) is 40.9 Å². The van der Waals surface area contributed by atoms with Gasteiger partial charge < -0.3 is 9.53 Å². The molecule has 0 atom stereocenters. The molecule has 108 valence electrons. The van der Waals surface area contributed by atoms with Crippen molar-refractivity contribution in [2.75, 3.05) is 26.7 Å². The molecule has 0 unspecified atom stereocenters. The molecule has 4 nitrogen and oxygen atoms in total. The highest BCUT2D eigenvalue weighted by Gasteiger charge is 1.95. The van der Waals surface area contributed by atoms with Crippen molar-refractivity contribution in [2.45, 2.75) is 41.5 Å². The summed E-state index contributed by atoms with van der Waals surface area (Å²) in [4.78, 5) is 9.44. The smallest absolute Gasteiger partial charge is 0.144 e. The van der Waals surface area contributed by atoms with Crippen molar-refractivity contribution in [1.82, 2.24) is 0 Å². The monoisotopic (exact) mass is 270 g/mol. The molecular weight excluding hydrogens is 240 g/mol. The van der Waals surface area contributed by atoms with Crippen LogP contribution in [0.5, 0.6) is 0 Å². The first-order valence-corrected chi connectivity index (χ1v) is 7.47. The van der Waals surface area contributed by atoms with E-state index in [1.807, 2.05) is 0 Å². The maximum Gasteiger partial charge on any atom is 0.144 e. The molecule has 0 aromatic rings. The van der Waals surface area contributed by atoms with Gasteiger partial charge in [-0.25, -0.2) is 8.42 Å². The zero-order valence-electron chi connectivity index (χ0n) is 13.0. The molecule has 0 aliphatic carbocycles. The Hall–Kier alpha value is -0.420. The molecule has 0 radical (unpaired) electrons. The number of carbonyl (C=O) groups excluding carboxylic acids is 1. The summed E-state index contributed by atoms with van der Waals surface area (Å²) in [5.41, 5.74) is 0.500. The minimum atomic E-state index is -2.67. The van der Waals surface area contributed by atoms with E-state index in [1.165, 1.54) is 13.8 Å². The van der Waals surface area contributed by atoms with E-state index < -0.39 is 9.84 Å². The van der Waals surface area contributed by atoms with Crippen LogP contribution in [0.2, 0.25) is 0 Å². The summed E-state index contributed by atoms with van der Waals surface area (Å²) in [5, 5.41) is 0. The first-order chi connectivity index (χ1) is 7.15. The molecule has 0 saturated heterocycles. The Morgan fingerprint density at radius 1 is 0.941 bits per heavy atom. The number of carbonyl (C=O) groups is 1. The third kappa shape index (κ3) is 16300. The number of rotatable bonds is 0. The van der Waals surface area contributed by atoms with Crippen LogP contribution in [0.25, 0.3) is 0 Å². The van der Waals surface area contributed by atoms with Crippen molar-refractivity contribution in [2.24, 2.45) is 5.41 Å². The second kappa shape index (κ2) is 13.6. The van der Waals surface area contributed by atoms with Gasteiger partial charge in [0.05, 0.1) is 0 Å². The highest BCUT2D eigenvalue weighted by atomic mass is 32.2. The van der Waals surface area contributed by atoms with Crippen molar-refractivity contribution < 1.29 is 17.9 Å². The fourth-order valence-electron chi connectivity index (χ4n) is 0. The lowest BCUT2D eigenvalue weighted by atomic mass is 10.0. The van der Waals surface area contributed by atoms with Gasteiger partial charge in [0.25, 0.3) is 0 Å². The molecule has 0 aromatic heterocycles. The van der Waals surface area contributed by atoms with Crippen LogP contribution in [-0.2, 0) is 19.4 Å². The molecule has 0 N–H and O–H groups in total. The van der Waals surface area contributed by atoms with Gasteiger partial charge in [0.1, 0.15) is 15.6 Å². The van der Waals surface area contributed by atoms with Crippen molar-refractivity contribution in [3.05, 3.63) is 0 Å². The third-order valence-corrected chi connectivity index (χ3v) is 0. The lowest BCUT2D eigenvalue weighted by Crippen LogP contribution is -1.93. The van der Waals surface area contributed by atoms with Crippen LogP contribution < -0.4 is 0 Å². The number of ether oxygens (including phenoxy) is 1. The summed E-state index contributed by atoms with van der Waals surface area (Å²) >= 11 is 0. The van der Waals surface area contributed by atoms with E-state index in [2.05, 4.69) is 32.4 Å². The molecule has 17 heavy (non-hydrogen) atoms. The zero-order valence-corrected chi connectivity index (χ0v) is 13.9. The van der Waals surface area contributed by atoms with E-state index in [9.17, 15) is 13.2 Å². The zero-order chi connectivity index (χ0) is 15.3. The third-order valence-electron chi connectivity index (χ3n) is 0. The predicted molar refractivity (Wildman–Crippen MR) is 75.2 cm³/mol. The number of ketones is 1. The van der Waals surface area contributed by atoms with Gasteiger partial charge in [-0.3, -0.25) is 0 Å². The molecule has 0 spiro atoms. The first kappa shape index (κ1) is 25.4. The lowest BCUT2D eigenvalue weighted by molar-refractivity contribution is -0.114. The molecule has 0 aliphatic rings. The van der Waals surface area contributed by atoms with Crippen LogP contribution in [0, 0.1) is 5.41 Å². The number of sulfone groups is 1. The number of methoxy groups -OCH3 is 1. The Kier molecular flexibility index (Phi) is 20.4. The number of hydrogen-bond donors (Lipinski definition) is 0. The van der Waals surface area contributed by atoms with Gasteiger partial charge in [0, 0.05) is 26.7 Å². The molecule has 5 heteroatoms. The minimum absolute atomic E-state index is 0.167. The second-order valence-corrected chi connectivity index (χ2v) is 7.75. The Morgan fingerprint density at radius 3 is 0.941 bits per heavy atom. The molecule has 0 heterocycles. The maximum absolute atomic E-state index is 9.63. The van der Waals surface area contributed by atoms with Crippen LogP contribution in [0.4, 0.5) is 0 Å². The standard InChI is InChI=1S/C5H12.C3H6O.C2H6O2S.C2H6O/c1-5(2,3)4;1-3(2)4;1-5(2,3)4;1-3-2/h1-4H3;1-2H3;1-2H3;1-2H3. The highest BCUT2D eigenvalue weighted by Crippen LogP contribution is 2.07. The van der Waals surface area contributed by atoms with Gasteiger partial charge in [-0.15, -0.1) is 0 Å². The summed E-state index contributed by atoms with van der Waals surface area (Å²) in [7, 11) is 0.583. The van der Waals surface area contributed by atoms with E-state index in [4.69, 9.17) is 0 Å². The average Bonchev–Trinajstić information content (AvgIpc) is 1.74. The molecular formula is C12H30O4S. The molecule has 0 aliphatic heterocycles. The Morgan fingerprint density at radius 2 is 0.941 bits per heavy atom.